The van der Waals surface area contributed by atoms with E-state index in [-0.39, 0.29) is 12.1 Å². The molecule has 0 amide bonds. The fraction of sp³-hybridized carbons (Fsp3) is 0.615. The van der Waals surface area contributed by atoms with Crippen molar-refractivity contribution < 1.29 is 5.11 Å². The van der Waals surface area contributed by atoms with Gasteiger partial charge in [0.05, 0.1) is 11.6 Å². The molecule has 94 valence electrons. The average molecular weight is 252 g/mol. The van der Waals surface area contributed by atoms with Crippen LogP contribution in [0.5, 0.6) is 0 Å². The lowest BCUT2D eigenvalue weighted by molar-refractivity contribution is 0.131. The Kier molecular flexibility index (Phi) is 4.42. The molecular formula is C13H20N2OS. The quantitative estimate of drug-likeness (QED) is 0.861. The molecule has 1 aliphatic carbocycles. The lowest BCUT2D eigenvalue weighted by atomic mass is 9.82. The Bertz CT molecular complexity index is 341. The van der Waals surface area contributed by atoms with Crippen molar-refractivity contribution in [2.24, 2.45) is 0 Å². The highest BCUT2D eigenvalue weighted by Crippen LogP contribution is 2.37. The lowest BCUT2D eigenvalue weighted by Gasteiger charge is -2.39. The Labute approximate surface area is 107 Å². The molecule has 0 saturated heterocycles. The SMILES string of the molecule is CNC1(CO)CCCC(Sc2ccccn2)C1. The first-order valence-electron chi connectivity index (χ1n) is 6.15. The maximum atomic E-state index is 9.54. The molecule has 1 aliphatic rings. The molecule has 1 fully saturated rings. The molecule has 1 aromatic heterocycles. The second-order valence-corrected chi connectivity index (χ2v) is 6.01. The number of nitrogens with zero attached hydrogens (tertiary/aromatic N) is 1. The molecule has 2 rings (SSSR count). The van der Waals surface area contributed by atoms with Gasteiger partial charge < -0.3 is 10.4 Å². The maximum absolute atomic E-state index is 9.54. The minimum atomic E-state index is -0.0787. The lowest BCUT2D eigenvalue weighted by Crippen LogP contribution is -2.50. The van der Waals surface area contributed by atoms with E-state index in [4.69, 9.17) is 0 Å². The average Bonchev–Trinajstić information content (AvgIpc) is 2.40. The van der Waals surface area contributed by atoms with E-state index in [0.717, 1.165) is 17.9 Å². The standard InChI is InChI=1S/C13H20N2OS/c1-14-13(10-16)7-4-5-11(9-13)17-12-6-2-3-8-15-12/h2-3,6,8,11,14,16H,4-5,7,9-10H2,1H3. The van der Waals surface area contributed by atoms with Crippen molar-refractivity contribution in [3.8, 4) is 0 Å². The largest absolute Gasteiger partial charge is 0.394 e. The zero-order chi connectivity index (χ0) is 12.1. The van der Waals surface area contributed by atoms with Gasteiger partial charge in [-0.3, -0.25) is 0 Å². The van der Waals surface area contributed by atoms with Gasteiger partial charge in [0.1, 0.15) is 0 Å². The molecule has 4 heteroatoms. The van der Waals surface area contributed by atoms with E-state index in [1.165, 1.54) is 12.8 Å². The summed E-state index contributed by atoms with van der Waals surface area (Å²) in [7, 11) is 1.95. The molecule has 2 N–H and O–H groups in total. The summed E-state index contributed by atoms with van der Waals surface area (Å²) < 4.78 is 0. The first-order valence-corrected chi connectivity index (χ1v) is 7.03. The minimum absolute atomic E-state index is 0.0787. The van der Waals surface area contributed by atoms with Gasteiger partial charge in [0.25, 0.3) is 0 Å². The summed E-state index contributed by atoms with van der Waals surface area (Å²) in [6.45, 7) is 0.225. The smallest absolute Gasteiger partial charge is 0.0962 e. The number of thioether (sulfide) groups is 1. The van der Waals surface area contributed by atoms with E-state index < -0.39 is 0 Å². The van der Waals surface area contributed by atoms with Crippen LogP contribution in [0.25, 0.3) is 0 Å². The van der Waals surface area contributed by atoms with E-state index in [1.807, 2.05) is 37.1 Å². The highest BCUT2D eigenvalue weighted by Gasteiger charge is 2.34. The molecular weight excluding hydrogens is 232 g/mol. The summed E-state index contributed by atoms with van der Waals surface area (Å²) >= 11 is 1.84. The summed E-state index contributed by atoms with van der Waals surface area (Å²) in [4.78, 5) is 4.35. The number of aliphatic hydroxyl groups is 1. The fourth-order valence-electron chi connectivity index (χ4n) is 2.45. The second-order valence-electron chi connectivity index (χ2n) is 4.69. The Hall–Kier alpha value is -0.580. The molecule has 3 nitrogen and oxygen atoms in total. The van der Waals surface area contributed by atoms with Crippen LogP contribution in [0.3, 0.4) is 0 Å². The summed E-state index contributed by atoms with van der Waals surface area (Å²) in [5, 5.41) is 14.5. The predicted octanol–water partition coefficient (Wildman–Crippen LogP) is 2.07. The van der Waals surface area contributed by atoms with Gasteiger partial charge in [-0.05, 0) is 38.4 Å². The Morgan fingerprint density at radius 3 is 3.12 bits per heavy atom. The first-order chi connectivity index (χ1) is 8.28. The number of hydrogen-bond acceptors (Lipinski definition) is 4. The Balaban J connectivity index is 1.98. The number of aromatic nitrogens is 1. The first kappa shape index (κ1) is 12.9. The van der Waals surface area contributed by atoms with Crippen LogP contribution in [-0.4, -0.2) is 34.5 Å². The Morgan fingerprint density at radius 1 is 1.59 bits per heavy atom. The number of aliphatic hydroxyl groups excluding tert-OH is 1. The number of nitrogens with one attached hydrogen (secondary N) is 1. The molecule has 1 saturated carbocycles. The summed E-state index contributed by atoms with van der Waals surface area (Å²) in [6, 6.07) is 6.02. The Morgan fingerprint density at radius 2 is 2.47 bits per heavy atom. The van der Waals surface area contributed by atoms with Crippen molar-refractivity contribution in [3.63, 3.8) is 0 Å². The van der Waals surface area contributed by atoms with Crippen LogP contribution in [-0.2, 0) is 0 Å². The second kappa shape index (κ2) is 5.85. The third-order valence-corrected chi connectivity index (χ3v) is 4.78. The van der Waals surface area contributed by atoms with Gasteiger partial charge in [-0.25, -0.2) is 4.98 Å². The summed E-state index contributed by atoms with van der Waals surface area (Å²) in [5.74, 6) is 0. The third kappa shape index (κ3) is 3.21. The number of hydrogen-bond donors (Lipinski definition) is 2. The molecule has 0 aromatic carbocycles. The molecule has 2 unspecified atom stereocenters. The highest BCUT2D eigenvalue weighted by atomic mass is 32.2. The third-order valence-electron chi connectivity index (χ3n) is 3.56. The number of pyridine rings is 1. The van der Waals surface area contributed by atoms with Crippen LogP contribution in [0.1, 0.15) is 25.7 Å². The van der Waals surface area contributed by atoms with Crippen LogP contribution >= 0.6 is 11.8 Å². The van der Waals surface area contributed by atoms with E-state index in [0.29, 0.717) is 5.25 Å². The number of rotatable bonds is 4. The van der Waals surface area contributed by atoms with Crippen LogP contribution in [0, 0.1) is 0 Å². The monoisotopic (exact) mass is 252 g/mol. The van der Waals surface area contributed by atoms with Gasteiger partial charge in [0.2, 0.25) is 0 Å². The molecule has 1 heterocycles. The van der Waals surface area contributed by atoms with Gasteiger partial charge in [-0.1, -0.05) is 12.5 Å². The fourth-order valence-corrected chi connectivity index (χ4v) is 3.75. The predicted molar refractivity (Wildman–Crippen MR) is 71.2 cm³/mol. The van der Waals surface area contributed by atoms with Crippen molar-refractivity contribution in [2.75, 3.05) is 13.7 Å². The van der Waals surface area contributed by atoms with E-state index >= 15 is 0 Å². The van der Waals surface area contributed by atoms with Crippen LogP contribution < -0.4 is 5.32 Å². The van der Waals surface area contributed by atoms with Crippen molar-refractivity contribution in [3.05, 3.63) is 24.4 Å². The molecule has 1 aromatic rings. The van der Waals surface area contributed by atoms with Gasteiger partial charge in [-0.2, -0.15) is 0 Å². The van der Waals surface area contributed by atoms with E-state index in [9.17, 15) is 5.11 Å². The van der Waals surface area contributed by atoms with Gasteiger partial charge >= 0.3 is 0 Å². The van der Waals surface area contributed by atoms with Gasteiger partial charge in [0.15, 0.2) is 0 Å². The van der Waals surface area contributed by atoms with Crippen LogP contribution in [0.4, 0.5) is 0 Å². The molecule has 0 aliphatic heterocycles. The van der Waals surface area contributed by atoms with Gasteiger partial charge in [-0.15, -0.1) is 11.8 Å². The zero-order valence-electron chi connectivity index (χ0n) is 10.2. The molecule has 17 heavy (non-hydrogen) atoms. The van der Waals surface area contributed by atoms with Crippen LogP contribution in [0.2, 0.25) is 0 Å². The van der Waals surface area contributed by atoms with Crippen molar-refractivity contribution in [1.82, 2.24) is 10.3 Å². The number of likely N-dealkylation sites (N-methyl/N-ethyl adjacent to an activating group) is 1. The summed E-state index contributed by atoms with van der Waals surface area (Å²) in [5.41, 5.74) is -0.0787. The maximum Gasteiger partial charge on any atom is 0.0962 e. The van der Waals surface area contributed by atoms with Crippen molar-refractivity contribution in [2.45, 2.75) is 41.5 Å². The van der Waals surface area contributed by atoms with Crippen molar-refractivity contribution in [1.29, 1.82) is 0 Å². The summed E-state index contributed by atoms with van der Waals surface area (Å²) in [6.07, 6.45) is 6.31. The minimum Gasteiger partial charge on any atom is -0.394 e. The topological polar surface area (TPSA) is 45.1 Å². The molecule has 2 atom stereocenters. The normalized spacial score (nSPS) is 29.2. The van der Waals surface area contributed by atoms with E-state index in [2.05, 4.69) is 16.4 Å². The van der Waals surface area contributed by atoms with Crippen LogP contribution in [0.15, 0.2) is 29.4 Å². The molecule has 0 spiro atoms. The zero-order valence-corrected chi connectivity index (χ0v) is 11.0. The van der Waals surface area contributed by atoms with E-state index in [1.54, 1.807) is 0 Å². The highest BCUT2D eigenvalue weighted by molar-refractivity contribution is 7.99. The molecule has 0 radical (unpaired) electrons. The van der Waals surface area contributed by atoms with Gasteiger partial charge in [0, 0.05) is 17.0 Å². The van der Waals surface area contributed by atoms with Crippen molar-refractivity contribution >= 4 is 11.8 Å². The molecule has 0 bridgehead atoms.